The predicted octanol–water partition coefficient (Wildman–Crippen LogP) is 3.03. The number of anilines is 4. The van der Waals surface area contributed by atoms with Crippen molar-refractivity contribution < 1.29 is 80.6 Å². The van der Waals surface area contributed by atoms with E-state index >= 15 is 0 Å². The smallest absolute Gasteiger partial charge is 0.356 e. The van der Waals surface area contributed by atoms with Gasteiger partial charge in [0.15, 0.2) is 0 Å². The number of amides is 6. The van der Waals surface area contributed by atoms with Crippen molar-refractivity contribution in [1.29, 1.82) is 0 Å². The van der Waals surface area contributed by atoms with E-state index in [0.29, 0.717) is 84.8 Å². The first-order valence-corrected chi connectivity index (χ1v) is 25.1. The summed E-state index contributed by atoms with van der Waals surface area (Å²) in [4.78, 5) is 112. The number of rotatable bonds is 26. The summed E-state index contributed by atoms with van der Waals surface area (Å²) in [6, 6.07) is 6.64. The number of aromatic nitrogens is 4. The topological polar surface area (TPSA) is 582 Å². The number of nitrogens with two attached hydrogens (primary N) is 2. The minimum atomic E-state index is -1.75. The van der Waals surface area contributed by atoms with Crippen LogP contribution in [-0.2, 0) is 56.8 Å². The summed E-state index contributed by atoms with van der Waals surface area (Å²) in [5, 5.41) is 73.8. The zero-order chi connectivity index (χ0) is 63.1. The minimum absolute atomic E-state index is 0. The second kappa shape index (κ2) is 47.7. The van der Waals surface area contributed by atoms with Crippen molar-refractivity contribution >= 4 is 58.2 Å². The molecule has 18 N–H and O–H groups in total. The molecule has 0 bridgehead atoms. The van der Waals surface area contributed by atoms with Crippen molar-refractivity contribution in [2.24, 2.45) is 11.5 Å². The standard InChI is InChI=1S/2C23H37N7O3.2HNO3.2NO3.2H3N.Pt/c2*1-5-9-29-16-18(13-19(29)22(32)25-8-7-11-28(3)4)27-23(33)20-12-17(26-21(31)14-24)15-30(20)10-6-2;4*2-1(3)4;;;/h2*12-13,15-16H,5-11,14,24H2,1-4H3,(H,25,32)(H,26,31)(H,27,33);2*(H,2,3,4);;;2*1H3;/q;;;;2*-1;;;+2. The molecule has 0 radical (unpaired) electrons. The molecule has 0 unspecified atom stereocenters. The Labute approximate surface area is 503 Å². The first-order valence-electron chi connectivity index (χ1n) is 25.1. The van der Waals surface area contributed by atoms with E-state index in [-0.39, 0.29) is 81.9 Å². The molecule has 4 rings (SSSR count). The number of nitrogens with one attached hydrogen (secondary N) is 6. The first kappa shape index (κ1) is 85.0. The zero-order valence-corrected chi connectivity index (χ0v) is 51.0. The van der Waals surface area contributed by atoms with Crippen molar-refractivity contribution in [2.45, 2.75) is 92.4 Å². The number of hydrogen-bond acceptors (Lipinski definition) is 22. The first-order chi connectivity index (χ1) is 38.5. The van der Waals surface area contributed by atoms with Crippen LogP contribution in [0.5, 0.6) is 0 Å². The maximum Gasteiger partial charge on any atom is 2.00 e. The Morgan fingerprint density at radius 2 is 0.682 bits per heavy atom. The van der Waals surface area contributed by atoms with Gasteiger partial charge in [-0.1, -0.05) is 27.7 Å². The second-order valence-corrected chi connectivity index (χ2v) is 17.4. The Morgan fingerprint density at radius 1 is 0.471 bits per heavy atom. The van der Waals surface area contributed by atoms with Gasteiger partial charge in [-0.2, -0.15) is 0 Å². The van der Waals surface area contributed by atoms with Crippen LogP contribution in [0.3, 0.4) is 0 Å². The molecule has 6 amide bonds. The van der Waals surface area contributed by atoms with Gasteiger partial charge in [0.25, 0.3) is 33.8 Å². The van der Waals surface area contributed by atoms with E-state index in [4.69, 9.17) is 72.8 Å². The molecule has 4 aromatic heterocycles. The van der Waals surface area contributed by atoms with Gasteiger partial charge < -0.3 is 125 Å². The van der Waals surface area contributed by atoms with Crippen molar-refractivity contribution in [2.75, 3.05) is 88.7 Å². The molecule has 484 valence electrons. The Kier molecular flexibility index (Phi) is 47.6. The molecule has 0 aliphatic heterocycles. The van der Waals surface area contributed by atoms with Crippen molar-refractivity contribution in [3.05, 3.63) is 123 Å². The molecular formula is C46H82N20O18Pt. The summed E-state index contributed by atoms with van der Waals surface area (Å²) in [6.07, 6.45) is 12.1. The molecule has 39 heteroatoms. The summed E-state index contributed by atoms with van der Waals surface area (Å²) in [7, 11) is 7.98. The van der Waals surface area contributed by atoms with Crippen molar-refractivity contribution in [3.8, 4) is 0 Å². The maximum atomic E-state index is 13.0. The van der Waals surface area contributed by atoms with Gasteiger partial charge >= 0.3 is 21.1 Å². The Morgan fingerprint density at radius 3 is 0.882 bits per heavy atom. The number of hydrogen-bond donors (Lipinski definition) is 12. The van der Waals surface area contributed by atoms with Crippen LogP contribution in [0, 0.1) is 50.9 Å². The van der Waals surface area contributed by atoms with Crippen molar-refractivity contribution in [1.82, 2.24) is 51.0 Å². The molecular weight excluding hydrogens is 1320 g/mol. The predicted molar refractivity (Wildman–Crippen MR) is 310 cm³/mol. The summed E-state index contributed by atoms with van der Waals surface area (Å²) >= 11 is 0. The Balaban J connectivity index is -0.000000388. The van der Waals surface area contributed by atoms with Crippen LogP contribution in [0.1, 0.15) is 108 Å². The molecule has 4 aromatic rings. The molecule has 0 spiro atoms. The normalized spacial score (nSPS) is 9.65. The third-order valence-corrected chi connectivity index (χ3v) is 9.96. The molecule has 0 atom stereocenters. The monoisotopic (exact) mass is 1400 g/mol. The van der Waals surface area contributed by atoms with Gasteiger partial charge in [0.1, 0.15) is 22.8 Å². The zero-order valence-electron chi connectivity index (χ0n) is 48.7. The number of carbonyl (C=O) groups is 6. The quantitative estimate of drug-likeness (QED) is 0.0244. The van der Waals surface area contributed by atoms with Crippen molar-refractivity contribution in [3.63, 3.8) is 0 Å². The molecule has 4 heterocycles. The van der Waals surface area contributed by atoms with Gasteiger partial charge in [0.05, 0.1) is 46.0 Å². The summed E-state index contributed by atoms with van der Waals surface area (Å²) in [5.41, 5.74) is 14.7. The third-order valence-electron chi connectivity index (χ3n) is 9.96. The fraction of sp³-hybridized carbons (Fsp3) is 0.522. The van der Waals surface area contributed by atoms with E-state index in [1.165, 1.54) is 0 Å². The Hall–Kier alpha value is -8.81. The van der Waals surface area contributed by atoms with Gasteiger partial charge in [-0.05, 0) is 104 Å². The Bertz CT molecular complexity index is 2440. The average Bonchev–Trinajstić information content (AvgIpc) is 4.17. The number of carbonyl (C=O) groups excluding carboxylic acids is 6. The fourth-order valence-electron chi connectivity index (χ4n) is 6.97. The molecule has 85 heavy (non-hydrogen) atoms. The van der Waals surface area contributed by atoms with Crippen LogP contribution < -0.4 is 55.7 Å². The van der Waals surface area contributed by atoms with E-state index in [9.17, 15) is 28.8 Å². The van der Waals surface area contributed by atoms with Crippen LogP contribution in [0.15, 0.2) is 49.1 Å². The van der Waals surface area contributed by atoms with Crippen LogP contribution in [-0.4, -0.2) is 162 Å². The van der Waals surface area contributed by atoms with Gasteiger partial charge in [-0.3, -0.25) is 28.8 Å². The fourth-order valence-corrected chi connectivity index (χ4v) is 6.97. The van der Waals surface area contributed by atoms with E-state index in [0.717, 1.165) is 51.6 Å². The summed E-state index contributed by atoms with van der Waals surface area (Å²) in [5.74, 6) is -1.61. The molecule has 0 aliphatic rings. The third kappa shape index (κ3) is 39.3. The van der Waals surface area contributed by atoms with Gasteiger partial charge in [0, 0.05) is 64.1 Å². The van der Waals surface area contributed by atoms with Crippen LogP contribution in [0.25, 0.3) is 0 Å². The van der Waals surface area contributed by atoms with Gasteiger partial charge in [0.2, 0.25) is 11.8 Å². The second-order valence-electron chi connectivity index (χ2n) is 17.4. The molecule has 38 nitrogen and oxygen atoms in total. The van der Waals surface area contributed by atoms with Crippen LogP contribution in [0.4, 0.5) is 22.7 Å². The van der Waals surface area contributed by atoms with Gasteiger partial charge in [-0.15, -0.1) is 20.2 Å². The van der Waals surface area contributed by atoms with Crippen LogP contribution >= 0.6 is 0 Å². The van der Waals surface area contributed by atoms with Gasteiger partial charge in [-0.25, -0.2) is 0 Å². The average molecular weight is 1400 g/mol. The molecule has 0 saturated carbocycles. The summed E-state index contributed by atoms with van der Waals surface area (Å²) in [6.45, 7) is 13.3. The molecule has 0 fully saturated rings. The maximum absolute atomic E-state index is 13.0. The molecule has 0 saturated heterocycles. The molecule has 0 aromatic carbocycles. The van der Waals surface area contributed by atoms with E-state index in [2.05, 4.69) is 41.7 Å². The van der Waals surface area contributed by atoms with Crippen LogP contribution in [0.2, 0.25) is 0 Å². The SMILES string of the molecule is CCCn1cc(NC(=O)c2cc(NC(=O)CN)cn2CCC)cc1C(=O)NCCCN(C)C.CCCn1cc(NC(=O)c2cc(NC(=O)CN)cn2CCC)cc1C(=O)NCCCN(C)C.N.N.O=[N+]([O-])O.O=[N+]([O-])O.O=[N+]([O-])[O-].O=[N+]([O-])[O-].[Pt+2]. The molecule has 0 aliphatic carbocycles. The largest absolute Gasteiger partial charge is 2.00 e. The number of aryl methyl sites for hydroxylation is 4. The minimum Gasteiger partial charge on any atom is -0.356 e. The number of nitrogens with zero attached hydrogens (tertiary/aromatic N) is 10. The van der Waals surface area contributed by atoms with E-state index < -0.39 is 20.3 Å². The van der Waals surface area contributed by atoms with E-state index in [1.54, 1.807) is 58.2 Å². The summed E-state index contributed by atoms with van der Waals surface area (Å²) < 4.78 is 7.30. The van der Waals surface area contributed by atoms with E-state index in [1.807, 2.05) is 65.0 Å².